The Bertz CT molecular complexity index is 968. The fourth-order valence-corrected chi connectivity index (χ4v) is 3.84. The first kappa shape index (κ1) is 19.0. The Morgan fingerprint density at radius 2 is 1.57 bits per heavy atom. The maximum Gasteiger partial charge on any atom is 0.204 e. The number of likely N-dealkylation sites (N-methyl/N-ethyl adjacent to an activating group) is 1. The number of pyridine rings is 1. The van der Waals surface area contributed by atoms with E-state index in [4.69, 9.17) is 17.3 Å². The van der Waals surface area contributed by atoms with Crippen LogP contribution >= 0.6 is 12.2 Å². The van der Waals surface area contributed by atoms with Crippen molar-refractivity contribution in [2.75, 3.05) is 32.7 Å². The summed E-state index contributed by atoms with van der Waals surface area (Å²) in [5.41, 5.74) is 3.27. The Morgan fingerprint density at radius 1 is 0.929 bits per heavy atom. The van der Waals surface area contributed by atoms with Gasteiger partial charge in [0.05, 0.1) is 6.67 Å². The average Bonchev–Trinajstić information content (AvgIpc) is 3.06. The maximum atomic E-state index is 5.85. The van der Waals surface area contributed by atoms with Crippen LogP contribution in [0.1, 0.15) is 12.5 Å². The van der Waals surface area contributed by atoms with E-state index in [1.807, 2.05) is 16.8 Å². The highest BCUT2D eigenvalue weighted by molar-refractivity contribution is 7.71. The van der Waals surface area contributed by atoms with Crippen LogP contribution in [0.4, 0.5) is 0 Å². The first-order valence-corrected chi connectivity index (χ1v) is 10.2. The molecule has 6 nitrogen and oxygen atoms in total. The third-order valence-electron chi connectivity index (χ3n) is 5.32. The molecular weight excluding hydrogens is 368 g/mol. The molecule has 4 rings (SSSR count). The first-order valence-electron chi connectivity index (χ1n) is 9.77. The van der Waals surface area contributed by atoms with E-state index < -0.39 is 0 Å². The Balaban J connectivity index is 1.70. The lowest BCUT2D eigenvalue weighted by Gasteiger charge is -2.33. The van der Waals surface area contributed by atoms with E-state index in [-0.39, 0.29) is 0 Å². The standard InChI is InChI=1S/C21H26N6S/c1-3-24-12-14-25(15-13-24)16-26-21(28)27(19-6-4-17(2)5-7-19)20(23-26)18-8-10-22-11-9-18/h4-11H,3,12-16H2,1-2H3. The molecule has 0 amide bonds. The van der Waals surface area contributed by atoms with Crippen LogP contribution in [0.15, 0.2) is 48.8 Å². The van der Waals surface area contributed by atoms with Crippen LogP contribution in [0.5, 0.6) is 0 Å². The Hall–Kier alpha value is -2.35. The highest BCUT2D eigenvalue weighted by atomic mass is 32.1. The Kier molecular flexibility index (Phi) is 5.66. The maximum absolute atomic E-state index is 5.85. The van der Waals surface area contributed by atoms with Crippen molar-refractivity contribution in [3.8, 4) is 17.1 Å². The highest BCUT2D eigenvalue weighted by Gasteiger charge is 2.19. The lowest BCUT2D eigenvalue weighted by Crippen LogP contribution is -2.46. The number of aromatic nitrogens is 4. The van der Waals surface area contributed by atoms with E-state index in [1.54, 1.807) is 12.4 Å². The normalized spacial score (nSPS) is 15.8. The van der Waals surface area contributed by atoms with Crippen molar-refractivity contribution < 1.29 is 0 Å². The smallest absolute Gasteiger partial charge is 0.204 e. The zero-order chi connectivity index (χ0) is 19.5. The summed E-state index contributed by atoms with van der Waals surface area (Å²) in [7, 11) is 0. The Morgan fingerprint density at radius 3 is 2.21 bits per heavy atom. The minimum absolute atomic E-state index is 0.716. The number of hydrogen-bond donors (Lipinski definition) is 0. The first-order chi connectivity index (χ1) is 13.7. The van der Waals surface area contributed by atoms with Gasteiger partial charge in [0.15, 0.2) is 5.82 Å². The number of aryl methyl sites for hydroxylation is 1. The quantitative estimate of drug-likeness (QED) is 0.621. The third-order valence-corrected chi connectivity index (χ3v) is 5.71. The third kappa shape index (κ3) is 3.92. The number of hydrogen-bond acceptors (Lipinski definition) is 5. The molecular formula is C21H26N6S. The molecule has 28 heavy (non-hydrogen) atoms. The molecule has 7 heteroatoms. The van der Waals surface area contributed by atoms with E-state index in [0.29, 0.717) is 11.4 Å². The van der Waals surface area contributed by atoms with Crippen molar-refractivity contribution in [2.45, 2.75) is 20.5 Å². The fourth-order valence-electron chi connectivity index (χ4n) is 3.55. The molecule has 3 aromatic rings. The van der Waals surface area contributed by atoms with E-state index >= 15 is 0 Å². The van der Waals surface area contributed by atoms with Gasteiger partial charge in [0.1, 0.15) is 0 Å². The molecule has 0 bridgehead atoms. The van der Waals surface area contributed by atoms with Crippen molar-refractivity contribution in [2.24, 2.45) is 0 Å². The number of benzene rings is 1. The minimum Gasteiger partial charge on any atom is -0.301 e. The van der Waals surface area contributed by atoms with Crippen molar-refractivity contribution in [1.29, 1.82) is 0 Å². The molecule has 2 aromatic heterocycles. The van der Waals surface area contributed by atoms with Crippen LogP contribution in [0.25, 0.3) is 17.1 Å². The zero-order valence-corrected chi connectivity index (χ0v) is 17.3. The van der Waals surface area contributed by atoms with Crippen molar-refractivity contribution in [3.63, 3.8) is 0 Å². The van der Waals surface area contributed by atoms with Gasteiger partial charge in [-0.05, 0) is 50.0 Å². The molecule has 0 aliphatic carbocycles. The lowest BCUT2D eigenvalue weighted by atomic mass is 10.2. The van der Waals surface area contributed by atoms with Gasteiger partial charge in [0.2, 0.25) is 4.77 Å². The van der Waals surface area contributed by atoms with Gasteiger partial charge in [-0.15, -0.1) is 5.10 Å². The number of piperazine rings is 1. The van der Waals surface area contributed by atoms with E-state index in [9.17, 15) is 0 Å². The van der Waals surface area contributed by atoms with Crippen LogP contribution in [-0.4, -0.2) is 61.9 Å². The average molecular weight is 395 g/mol. The lowest BCUT2D eigenvalue weighted by molar-refractivity contribution is 0.106. The summed E-state index contributed by atoms with van der Waals surface area (Å²) in [6, 6.07) is 12.4. The predicted octanol–water partition coefficient (Wildman–Crippen LogP) is 3.37. The molecule has 0 radical (unpaired) electrons. The summed E-state index contributed by atoms with van der Waals surface area (Å²) >= 11 is 5.85. The molecule has 3 heterocycles. The molecule has 1 fully saturated rings. The summed E-state index contributed by atoms with van der Waals surface area (Å²) in [5.74, 6) is 0.850. The Labute approximate surface area is 171 Å². The van der Waals surface area contributed by atoms with Crippen LogP contribution in [0, 0.1) is 11.7 Å². The van der Waals surface area contributed by atoms with Crippen molar-refractivity contribution >= 4 is 12.2 Å². The largest absolute Gasteiger partial charge is 0.301 e. The van der Waals surface area contributed by atoms with Gasteiger partial charge < -0.3 is 4.90 Å². The summed E-state index contributed by atoms with van der Waals surface area (Å²) in [4.78, 5) is 9.04. The van der Waals surface area contributed by atoms with Gasteiger partial charge >= 0.3 is 0 Å². The molecule has 0 atom stereocenters. The van der Waals surface area contributed by atoms with Gasteiger partial charge in [0, 0.05) is 49.8 Å². The van der Waals surface area contributed by atoms with Gasteiger partial charge in [-0.25, -0.2) is 4.68 Å². The topological polar surface area (TPSA) is 42.1 Å². The molecule has 1 aromatic carbocycles. The van der Waals surface area contributed by atoms with Crippen LogP contribution in [0.3, 0.4) is 0 Å². The molecule has 146 valence electrons. The van der Waals surface area contributed by atoms with Crippen LogP contribution < -0.4 is 0 Å². The van der Waals surface area contributed by atoms with Gasteiger partial charge in [-0.2, -0.15) is 0 Å². The molecule has 0 N–H and O–H groups in total. The van der Waals surface area contributed by atoms with E-state index in [0.717, 1.165) is 49.8 Å². The SMILES string of the molecule is CCN1CCN(Cn2nc(-c3ccncc3)n(-c3ccc(C)cc3)c2=S)CC1. The van der Waals surface area contributed by atoms with E-state index in [2.05, 4.69) is 57.5 Å². The second kappa shape index (κ2) is 8.34. The molecule has 0 unspecified atom stereocenters. The summed E-state index contributed by atoms with van der Waals surface area (Å²) < 4.78 is 4.73. The zero-order valence-electron chi connectivity index (χ0n) is 16.5. The molecule has 1 aliphatic heterocycles. The summed E-state index contributed by atoms with van der Waals surface area (Å²) in [6.07, 6.45) is 3.59. The second-order valence-corrected chi connectivity index (χ2v) is 7.57. The molecule has 1 saturated heterocycles. The van der Waals surface area contributed by atoms with Crippen molar-refractivity contribution in [1.82, 2.24) is 29.1 Å². The predicted molar refractivity (Wildman–Crippen MR) is 114 cm³/mol. The van der Waals surface area contributed by atoms with Crippen molar-refractivity contribution in [3.05, 3.63) is 59.1 Å². The van der Waals surface area contributed by atoms with Crippen LogP contribution in [-0.2, 0) is 6.67 Å². The molecule has 0 saturated carbocycles. The van der Waals surface area contributed by atoms with E-state index in [1.165, 1.54) is 5.56 Å². The number of nitrogens with zero attached hydrogens (tertiary/aromatic N) is 6. The molecule has 1 aliphatic rings. The van der Waals surface area contributed by atoms with Gasteiger partial charge in [0.25, 0.3) is 0 Å². The second-order valence-electron chi connectivity index (χ2n) is 7.21. The monoisotopic (exact) mass is 394 g/mol. The fraction of sp³-hybridized carbons (Fsp3) is 0.381. The highest BCUT2D eigenvalue weighted by Crippen LogP contribution is 2.23. The van der Waals surface area contributed by atoms with Crippen LogP contribution in [0.2, 0.25) is 0 Å². The summed E-state index contributed by atoms with van der Waals surface area (Å²) in [6.45, 7) is 10.4. The molecule has 0 spiro atoms. The summed E-state index contributed by atoms with van der Waals surface area (Å²) in [5, 5.41) is 4.90. The van der Waals surface area contributed by atoms with Gasteiger partial charge in [-0.3, -0.25) is 14.5 Å². The number of rotatable bonds is 5. The minimum atomic E-state index is 0.716. The van der Waals surface area contributed by atoms with Gasteiger partial charge in [-0.1, -0.05) is 24.6 Å².